The number of aliphatic carboxylic acids is 1. The molecule has 22 heavy (non-hydrogen) atoms. The van der Waals surface area contributed by atoms with Crippen molar-refractivity contribution < 1.29 is 19.8 Å². The van der Waals surface area contributed by atoms with Gasteiger partial charge < -0.3 is 26.6 Å². The van der Waals surface area contributed by atoms with Gasteiger partial charge in [0.1, 0.15) is 0 Å². The van der Waals surface area contributed by atoms with Crippen LogP contribution in [0.3, 0.4) is 0 Å². The normalized spacial score (nSPS) is 10.9. The van der Waals surface area contributed by atoms with E-state index in [4.69, 9.17) is 15.9 Å². The Kier molecular flexibility index (Phi) is 13.9. The molecule has 6 N–H and O–H groups in total. The molecule has 0 saturated heterocycles. The summed E-state index contributed by atoms with van der Waals surface area (Å²) in [5.74, 6) is -1.20. The van der Waals surface area contributed by atoms with Gasteiger partial charge in [0, 0.05) is 52.3 Å². The predicted octanol–water partition coefficient (Wildman–Crippen LogP) is -1.41. The largest absolute Gasteiger partial charge is 0.481 e. The molecule has 130 valence electrons. The standard InChI is InChI=1S/C14H30N4O4/c15-5-9-18(10-7-16-6-1-2-12-19)11-8-17-13(20)3-4-14(21)22/h16,19H,1-12,15H2,(H,17,20)(H,21,22). The van der Waals surface area contributed by atoms with Crippen molar-refractivity contribution in [3.05, 3.63) is 0 Å². The molecule has 0 aliphatic heterocycles. The number of amides is 1. The van der Waals surface area contributed by atoms with Crippen molar-refractivity contribution in [2.45, 2.75) is 25.7 Å². The molecule has 1 amide bonds. The van der Waals surface area contributed by atoms with Crippen LogP contribution in [0, 0.1) is 0 Å². The van der Waals surface area contributed by atoms with Crippen LogP contribution in [0.1, 0.15) is 25.7 Å². The number of rotatable bonds is 15. The molecule has 8 nitrogen and oxygen atoms in total. The van der Waals surface area contributed by atoms with Gasteiger partial charge in [-0.1, -0.05) is 0 Å². The Labute approximate surface area is 132 Å². The van der Waals surface area contributed by atoms with Crippen LogP contribution >= 0.6 is 0 Å². The first kappa shape index (κ1) is 20.8. The smallest absolute Gasteiger partial charge is 0.303 e. The zero-order valence-corrected chi connectivity index (χ0v) is 13.2. The third-order valence-electron chi connectivity index (χ3n) is 3.13. The number of aliphatic hydroxyl groups excluding tert-OH is 1. The minimum Gasteiger partial charge on any atom is -0.481 e. The van der Waals surface area contributed by atoms with Crippen molar-refractivity contribution in [1.82, 2.24) is 15.5 Å². The van der Waals surface area contributed by atoms with Crippen LogP contribution in [0.4, 0.5) is 0 Å². The molecule has 0 aromatic carbocycles. The van der Waals surface area contributed by atoms with Crippen molar-refractivity contribution >= 4 is 11.9 Å². The quantitative estimate of drug-likeness (QED) is 0.235. The average Bonchev–Trinajstić information content (AvgIpc) is 2.48. The van der Waals surface area contributed by atoms with Gasteiger partial charge in [-0.2, -0.15) is 0 Å². The third kappa shape index (κ3) is 13.7. The molecule has 0 aromatic heterocycles. The number of aliphatic hydroxyl groups is 1. The van der Waals surface area contributed by atoms with Gasteiger partial charge in [0.2, 0.25) is 5.91 Å². The molecule has 0 aliphatic carbocycles. The van der Waals surface area contributed by atoms with Crippen LogP contribution in [-0.4, -0.2) is 79.4 Å². The Bertz CT molecular complexity index is 303. The fraction of sp³-hybridized carbons (Fsp3) is 0.857. The fourth-order valence-electron chi connectivity index (χ4n) is 1.90. The highest BCUT2D eigenvalue weighted by Crippen LogP contribution is 1.90. The molecule has 0 saturated carbocycles. The van der Waals surface area contributed by atoms with Crippen LogP contribution in [0.2, 0.25) is 0 Å². The Hall–Kier alpha value is -1.22. The average molecular weight is 318 g/mol. The molecule has 0 bridgehead atoms. The van der Waals surface area contributed by atoms with Crippen molar-refractivity contribution in [2.24, 2.45) is 5.73 Å². The maximum atomic E-state index is 11.4. The molecule has 0 atom stereocenters. The van der Waals surface area contributed by atoms with Gasteiger partial charge in [0.05, 0.1) is 6.42 Å². The summed E-state index contributed by atoms with van der Waals surface area (Å²) in [6, 6.07) is 0. The number of nitrogens with zero attached hydrogens (tertiary/aromatic N) is 1. The molecule has 0 fully saturated rings. The van der Waals surface area contributed by atoms with E-state index in [-0.39, 0.29) is 25.4 Å². The van der Waals surface area contributed by atoms with Gasteiger partial charge in [0.15, 0.2) is 0 Å². The molecule has 8 heteroatoms. The SMILES string of the molecule is NCCN(CCNCCCCO)CCNC(=O)CCC(=O)O. The predicted molar refractivity (Wildman–Crippen MR) is 84.6 cm³/mol. The van der Waals surface area contributed by atoms with Gasteiger partial charge >= 0.3 is 5.97 Å². The lowest BCUT2D eigenvalue weighted by atomic mass is 10.3. The summed E-state index contributed by atoms with van der Waals surface area (Å²) >= 11 is 0. The molecular weight excluding hydrogens is 288 g/mol. The van der Waals surface area contributed by atoms with Crippen LogP contribution in [-0.2, 0) is 9.59 Å². The maximum absolute atomic E-state index is 11.4. The monoisotopic (exact) mass is 318 g/mol. The van der Waals surface area contributed by atoms with Crippen LogP contribution < -0.4 is 16.4 Å². The van der Waals surface area contributed by atoms with E-state index in [1.165, 1.54) is 0 Å². The summed E-state index contributed by atoms with van der Waals surface area (Å²) in [7, 11) is 0. The van der Waals surface area contributed by atoms with E-state index in [1.807, 2.05) is 0 Å². The Morgan fingerprint density at radius 2 is 1.73 bits per heavy atom. The van der Waals surface area contributed by atoms with Crippen LogP contribution in [0.15, 0.2) is 0 Å². The van der Waals surface area contributed by atoms with Crippen molar-refractivity contribution in [3.63, 3.8) is 0 Å². The molecule has 0 rings (SSSR count). The Morgan fingerprint density at radius 3 is 2.36 bits per heavy atom. The number of carbonyl (C=O) groups excluding carboxylic acids is 1. The fourth-order valence-corrected chi connectivity index (χ4v) is 1.90. The van der Waals surface area contributed by atoms with E-state index >= 15 is 0 Å². The minimum atomic E-state index is -0.966. The van der Waals surface area contributed by atoms with Gasteiger partial charge in [-0.3, -0.25) is 14.5 Å². The lowest BCUT2D eigenvalue weighted by Crippen LogP contribution is -2.40. The minimum absolute atomic E-state index is 0.0125. The van der Waals surface area contributed by atoms with Gasteiger partial charge in [-0.25, -0.2) is 0 Å². The summed E-state index contributed by atoms with van der Waals surface area (Å²) < 4.78 is 0. The summed E-state index contributed by atoms with van der Waals surface area (Å²) in [5.41, 5.74) is 5.57. The molecular formula is C14H30N4O4. The topological polar surface area (TPSA) is 128 Å². The summed E-state index contributed by atoms with van der Waals surface area (Å²) in [6.45, 7) is 5.25. The summed E-state index contributed by atoms with van der Waals surface area (Å²) in [4.78, 5) is 23.9. The molecule has 0 aliphatic rings. The third-order valence-corrected chi connectivity index (χ3v) is 3.13. The van der Waals surface area contributed by atoms with Crippen molar-refractivity contribution in [1.29, 1.82) is 0 Å². The first-order chi connectivity index (χ1) is 10.6. The molecule has 0 spiro atoms. The lowest BCUT2D eigenvalue weighted by Gasteiger charge is -2.22. The van der Waals surface area contributed by atoms with E-state index in [1.54, 1.807) is 0 Å². The molecule has 0 heterocycles. The Balaban J connectivity index is 3.70. The van der Waals surface area contributed by atoms with Crippen LogP contribution in [0.25, 0.3) is 0 Å². The van der Waals surface area contributed by atoms with Crippen molar-refractivity contribution in [2.75, 3.05) is 52.4 Å². The van der Waals surface area contributed by atoms with E-state index in [2.05, 4.69) is 15.5 Å². The Morgan fingerprint density at radius 1 is 1.00 bits per heavy atom. The highest BCUT2D eigenvalue weighted by atomic mass is 16.4. The van der Waals surface area contributed by atoms with Crippen molar-refractivity contribution in [3.8, 4) is 0 Å². The lowest BCUT2D eigenvalue weighted by molar-refractivity contribution is -0.138. The summed E-state index contributed by atoms with van der Waals surface area (Å²) in [5, 5.41) is 23.2. The highest BCUT2D eigenvalue weighted by Gasteiger charge is 2.07. The molecule has 0 radical (unpaired) electrons. The van der Waals surface area contributed by atoms with Crippen LogP contribution in [0.5, 0.6) is 0 Å². The number of carbonyl (C=O) groups is 2. The number of hydrogen-bond donors (Lipinski definition) is 5. The van der Waals surface area contributed by atoms with E-state index in [0.29, 0.717) is 19.6 Å². The second kappa shape index (κ2) is 14.7. The number of unbranched alkanes of at least 4 members (excludes halogenated alkanes) is 1. The molecule has 0 aromatic rings. The summed E-state index contributed by atoms with van der Waals surface area (Å²) in [6.07, 6.45) is 1.63. The number of nitrogens with two attached hydrogens (primary N) is 1. The second-order valence-electron chi connectivity index (χ2n) is 5.05. The van der Waals surface area contributed by atoms with E-state index in [9.17, 15) is 9.59 Å². The van der Waals surface area contributed by atoms with E-state index in [0.717, 1.165) is 39.0 Å². The maximum Gasteiger partial charge on any atom is 0.303 e. The van der Waals surface area contributed by atoms with Gasteiger partial charge in [0.25, 0.3) is 0 Å². The number of carboxylic acids is 1. The zero-order chi connectivity index (χ0) is 16.6. The second-order valence-corrected chi connectivity index (χ2v) is 5.05. The number of nitrogens with one attached hydrogen (secondary N) is 2. The first-order valence-electron chi connectivity index (χ1n) is 7.82. The van der Waals surface area contributed by atoms with Gasteiger partial charge in [-0.15, -0.1) is 0 Å². The van der Waals surface area contributed by atoms with E-state index < -0.39 is 5.97 Å². The zero-order valence-electron chi connectivity index (χ0n) is 13.2. The highest BCUT2D eigenvalue weighted by molar-refractivity contribution is 5.80. The molecule has 0 unspecified atom stereocenters. The number of hydrogen-bond acceptors (Lipinski definition) is 6. The first-order valence-corrected chi connectivity index (χ1v) is 7.82. The number of carboxylic acid groups (broad SMARTS) is 1. The van der Waals surface area contributed by atoms with Gasteiger partial charge in [-0.05, 0) is 19.4 Å².